The van der Waals surface area contributed by atoms with Crippen molar-refractivity contribution < 1.29 is 86.9 Å². The Morgan fingerprint density at radius 2 is 0.967 bits per heavy atom. The average molecular weight is 442 g/mol. The Kier molecular flexibility index (Phi) is 10.3. The first-order valence-corrected chi connectivity index (χ1v) is 9.63. The number of benzene rings is 4. The van der Waals surface area contributed by atoms with Crippen LogP contribution in [0.4, 0.5) is 0 Å². The molecular weight excluding hydrogens is 426 g/mol. The van der Waals surface area contributed by atoms with E-state index in [0.717, 1.165) is 32.7 Å². The molecule has 0 aliphatic rings. The fourth-order valence-electron chi connectivity index (χ4n) is 3.09. The molecule has 4 aromatic carbocycles. The molecule has 4 aromatic rings. The van der Waals surface area contributed by atoms with Gasteiger partial charge >= 0.3 is 59.1 Å². The fraction of sp³-hybridized carbons (Fsp3) is 0.0476. The number of aromatic hydroxyl groups is 2. The average Bonchev–Trinajstić information content (AvgIpc) is 2.65. The van der Waals surface area contributed by atoms with Crippen LogP contribution in [0, 0.1) is 0 Å². The molecule has 6 nitrogen and oxygen atoms in total. The van der Waals surface area contributed by atoms with Crippen LogP contribution in [0.15, 0.2) is 72.8 Å². The van der Waals surface area contributed by atoms with Crippen molar-refractivity contribution in [2.24, 2.45) is 0 Å². The minimum absolute atomic E-state index is 0. The van der Waals surface area contributed by atoms with E-state index >= 15 is 0 Å². The predicted octanol–water partition coefficient (Wildman–Crippen LogP) is -2.33. The van der Waals surface area contributed by atoms with Gasteiger partial charge in [0.1, 0.15) is 11.5 Å². The Morgan fingerprint density at radius 1 is 0.633 bits per heavy atom. The number of hydrogen-bond donors (Lipinski definition) is 2. The second-order valence-electron chi connectivity index (χ2n) is 6.17. The van der Waals surface area contributed by atoms with Gasteiger partial charge in [-0.2, -0.15) is 0 Å². The van der Waals surface area contributed by atoms with Gasteiger partial charge in [0.2, 0.25) is 0 Å². The van der Waals surface area contributed by atoms with Crippen LogP contribution < -0.4 is 59.1 Å². The first kappa shape index (κ1) is 26.9. The van der Waals surface area contributed by atoms with Crippen LogP contribution in [0.5, 0.6) is 11.5 Å². The first-order valence-electron chi connectivity index (χ1n) is 8.30. The van der Waals surface area contributed by atoms with Gasteiger partial charge in [0.15, 0.2) is 0 Å². The van der Waals surface area contributed by atoms with Gasteiger partial charge in [-0.05, 0) is 21.9 Å². The normalized spacial score (nSPS) is 10.5. The molecule has 9 heteroatoms. The molecule has 0 fully saturated rings. The van der Waals surface area contributed by atoms with E-state index in [1.165, 1.54) is 0 Å². The largest absolute Gasteiger partial charge is 1.00 e. The number of hydrogen-bond acceptors (Lipinski definition) is 6. The van der Waals surface area contributed by atoms with E-state index in [-0.39, 0.29) is 70.6 Å². The summed E-state index contributed by atoms with van der Waals surface area (Å²) in [4.78, 5) is 0. The van der Waals surface area contributed by atoms with Crippen molar-refractivity contribution in [3.63, 3.8) is 0 Å². The molecule has 0 bridgehead atoms. The predicted molar refractivity (Wildman–Crippen MR) is 105 cm³/mol. The Hall–Kier alpha value is -1.13. The van der Waals surface area contributed by atoms with Crippen LogP contribution in [-0.2, 0) is 16.8 Å². The quantitative estimate of drug-likeness (QED) is 0.204. The zero-order valence-corrected chi connectivity index (χ0v) is 21.4. The molecule has 0 radical (unpaired) electrons. The summed E-state index contributed by atoms with van der Waals surface area (Å²) in [6.45, 7) is 0. The van der Waals surface area contributed by atoms with Crippen LogP contribution in [-0.4, -0.2) is 27.7 Å². The van der Waals surface area contributed by atoms with Crippen LogP contribution in [0.2, 0.25) is 0 Å². The standard InChI is InChI=1S/C21H16O2.2Na.H2O4S/c22-20-16(11-9-14-5-1-3-7-18(14)20)13-17-12-10-15-6-2-4-8-19(15)21(17)23;;;1-5(2,3)4/h1-12,22-23H,13H2;;;(H2,1,2,3,4)/q;2*+1;/p-2. The van der Waals surface area contributed by atoms with E-state index in [9.17, 15) is 10.2 Å². The van der Waals surface area contributed by atoms with Gasteiger partial charge in [-0.25, -0.2) is 0 Å². The molecule has 0 heterocycles. The van der Waals surface area contributed by atoms with Crippen LogP contribution in [0.25, 0.3) is 21.5 Å². The van der Waals surface area contributed by atoms with Crippen molar-refractivity contribution in [1.29, 1.82) is 0 Å². The van der Waals surface area contributed by atoms with Gasteiger partial charge in [0.05, 0.1) is 0 Å². The summed E-state index contributed by atoms with van der Waals surface area (Å²) in [6.07, 6.45) is 0.493. The van der Waals surface area contributed by atoms with E-state index in [1.807, 2.05) is 72.8 Å². The van der Waals surface area contributed by atoms with Crippen LogP contribution in [0.3, 0.4) is 0 Å². The Balaban J connectivity index is 0.000000581. The van der Waals surface area contributed by atoms with E-state index in [4.69, 9.17) is 17.5 Å². The maximum absolute atomic E-state index is 10.5. The van der Waals surface area contributed by atoms with Crippen molar-refractivity contribution in [3.05, 3.63) is 83.9 Å². The molecule has 0 aromatic heterocycles. The Bertz CT molecular complexity index is 1170. The third-order valence-electron chi connectivity index (χ3n) is 4.35. The molecule has 0 aliphatic carbocycles. The van der Waals surface area contributed by atoms with Crippen LogP contribution >= 0.6 is 0 Å². The first-order chi connectivity index (χ1) is 13.2. The minimum atomic E-state index is -5.17. The van der Waals surface area contributed by atoms with E-state index < -0.39 is 10.4 Å². The van der Waals surface area contributed by atoms with Crippen molar-refractivity contribution in [2.45, 2.75) is 6.42 Å². The van der Waals surface area contributed by atoms with Crippen molar-refractivity contribution in [2.75, 3.05) is 0 Å². The van der Waals surface area contributed by atoms with Crippen molar-refractivity contribution in [3.8, 4) is 11.5 Å². The van der Waals surface area contributed by atoms with Crippen molar-refractivity contribution in [1.82, 2.24) is 0 Å². The second-order valence-corrected chi connectivity index (χ2v) is 6.99. The third kappa shape index (κ3) is 6.95. The molecule has 0 aliphatic heterocycles. The smallest absolute Gasteiger partial charge is 0.759 e. The summed E-state index contributed by atoms with van der Waals surface area (Å²) < 4.78 is 34.1. The maximum Gasteiger partial charge on any atom is 1.00 e. The SMILES string of the molecule is O=S(=O)([O-])[O-].Oc1c(Cc2ccc3ccccc3c2O)ccc2ccccc12.[Na+].[Na+]. The topological polar surface area (TPSA) is 121 Å². The summed E-state index contributed by atoms with van der Waals surface area (Å²) in [5, 5.41) is 24.8. The number of rotatable bonds is 2. The summed E-state index contributed by atoms with van der Waals surface area (Å²) >= 11 is 0. The molecule has 0 amide bonds. The summed E-state index contributed by atoms with van der Waals surface area (Å²) in [5.41, 5.74) is 1.63. The number of phenols is 2. The molecule has 144 valence electrons. The van der Waals surface area contributed by atoms with E-state index in [0.29, 0.717) is 6.42 Å². The van der Waals surface area contributed by atoms with Gasteiger partial charge in [-0.15, -0.1) is 0 Å². The monoisotopic (exact) mass is 442 g/mol. The summed E-state index contributed by atoms with van der Waals surface area (Å²) in [7, 11) is -5.17. The molecule has 0 unspecified atom stereocenters. The summed E-state index contributed by atoms with van der Waals surface area (Å²) in [5.74, 6) is 0.575. The molecule has 2 N–H and O–H groups in total. The van der Waals surface area contributed by atoms with Crippen molar-refractivity contribution >= 4 is 31.9 Å². The zero-order valence-electron chi connectivity index (χ0n) is 16.6. The number of fused-ring (bicyclic) bond motifs is 2. The van der Waals surface area contributed by atoms with E-state index in [2.05, 4.69) is 0 Å². The van der Waals surface area contributed by atoms with Gasteiger partial charge in [0, 0.05) is 27.6 Å². The summed E-state index contributed by atoms with van der Waals surface area (Å²) in [6, 6.07) is 23.4. The van der Waals surface area contributed by atoms with Crippen LogP contribution in [0.1, 0.15) is 11.1 Å². The molecule has 0 saturated carbocycles. The molecule has 0 spiro atoms. The van der Waals surface area contributed by atoms with Gasteiger partial charge < -0.3 is 19.3 Å². The molecular formula is C21H16Na2O6S. The fourth-order valence-corrected chi connectivity index (χ4v) is 3.09. The van der Waals surface area contributed by atoms with Gasteiger partial charge in [0.25, 0.3) is 0 Å². The molecule has 0 saturated heterocycles. The number of phenolic OH excluding ortho intramolecular Hbond substituents is 2. The molecule has 30 heavy (non-hydrogen) atoms. The maximum atomic E-state index is 10.5. The molecule has 0 atom stereocenters. The van der Waals surface area contributed by atoms with E-state index in [1.54, 1.807) is 0 Å². The Morgan fingerprint density at radius 3 is 1.33 bits per heavy atom. The molecule has 4 rings (SSSR count). The van der Waals surface area contributed by atoms with Gasteiger partial charge in [-0.1, -0.05) is 72.8 Å². The zero-order chi connectivity index (χ0) is 20.3. The third-order valence-corrected chi connectivity index (χ3v) is 4.35. The minimum Gasteiger partial charge on any atom is -0.759 e. The Labute approximate surface area is 218 Å². The second kappa shape index (κ2) is 11.5. The van der Waals surface area contributed by atoms with Gasteiger partial charge in [-0.3, -0.25) is 8.42 Å².